The third-order valence-electron chi connectivity index (χ3n) is 5.91. The molecule has 5 heterocycles. The predicted molar refractivity (Wildman–Crippen MR) is 111 cm³/mol. The van der Waals surface area contributed by atoms with Gasteiger partial charge in [0.15, 0.2) is 5.65 Å². The van der Waals surface area contributed by atoms with Crippen molar-refractivity contribution in [3.8, 4) is 17.0 Å². The van der Waals surface area contributed by atoms with Gasteiger partial charge in [-0.25, -0.2) is 9.50 Å². The molecule has 6 heteroatoms. The Kier molecular flexibility index (Phi) is 4.87. The number of hydrogen-bond acceptors (Lipinski definition) is 5. The van der Waals surface area contributed by atoms with Gasteiger partial charge in [0, 0.05) is 12.1 Å². The highest BCUT2D eigenvalue weighted by Crippen LogP contribution is 2.25. The monoisotopic (exact) mass is 377 g/mol. The zero-order valence-electron chi connectivity index (χ0n) is 16.2. The molecule has 2 aromatic heterocycles. The van der Waals surface area contributed by atoms with Gasteiger partial charge in [0.1, 0.15) is 11.6 Å². The predicted octanol–water partition coefficient (Wildman–Crippen LogP) is 3.69. The third-order valence-corrected chi connectivity index (χ3v) is 5.91. The van der Waals surface area contributed by atoms with Crippen LogP contribution in [-0.4, -0.2) is 52.3 Å². The van der Waals surface area contributed by atoms with Crippen molar-refractivity contribution in [1.29, 1.82) is 0 Å². The van der Waals surface area contributed by atoms with Gasteiger partial charge in [-0.05, 0) is 75.5 Å². The van der Waals surface area contributed by atoms with Crippen LogP contribution in [0.3, 0.4) is 0 Å². The molecule has 1 fully saturated rings. The highest BCUT2D eigenvalue weighted by molar-refractivity contribution is 5.65. The summed E-state index contributed by atoms with van der Waals surface area (Å²) in [7, 11) is 0. The average molecular weight is 377 g/mol. The van der Waals surface area contributed by atoms with E-state index in [0.29, 0.717) is 0 Å². The van der Waals surface area contributed by atoms with E-state index in [4.69, 9.17) is 9.84 Å². The molecule has 6 rings (SSSR count). The van der Waals surface area contributed by atoms with Crippen molar-refractivity contribution in [3.63, 3.8) is 0 Å². The Morgan fingerprint density at radius 2 is 1.96 bits per heavy atom. The number of imidazole rings is 1. The standard InChI is InChI=1S/C22H27N5O/c1-2-13-28-19-5-3-4-18(14-19)20-16-24-22-7-6-21(25-27(20)22)23-15-17-8-11-26(10-1)12-9-17/h3-7,14,16-17H,1-2,8-13,15H2,(H,23,25). The van der Waals surface area contributed by atoms with Crippen LogP contribution in [0.25, 0.3) is 16.9 Å². The summed E-state index contributed by atoms with van der Waals surface area (Å²) in [5, 5.41) is 8.36. The second-order valence-electron chi connectivity index (χ2n) is 7.88. The van der Waals surface area contributed by atoms with Crippen molar-refractivity contribution < 1.29 is 4.74 Å². The number of nitrogens with zero attached hydrogens (tertiary/aromatic N) is 4. The van der Waals surface area contributed by atoms with E-state index in [1.54, 1.807) is 0 Å². The molecule has 0 aliphatic carbocycles. The van der Waals surface area contributed by atoms with Crippen molar-refractivity contribution in [2.24, 2.45) is 5.92 Å². The van der Waals surface area contributed by atoms with Crippen LogP contribution < -0.4 is 10.1 Å². The van der Waals surface area contributed by atoms with Crippen LogP contribution >= 0.6 is 0 Å². The number of aromatic nitrogens is 3. The summed E-state index contributed by atoms with van der Waals surface area (Å²) in [6.45, 7) is 5.33. The van der Waals surface area contributed by atoms with Gasteiger partial charge in [-0.3, -0.25) is 0 Å². The van der Waals surface area contributed by atoms with Gasteiger partial charge in [-0.2, -0.15) is 0 Å². The molecule has 28 heavy (non-hydrogen) atoms. The average Bonchev–Trinajstić information content (AvgIpc) is 3.16. The number of nitrogens with one attached hydrogen (secondary N) is 1. The summed E-state index contributed by atoms with van der Waals surface area (Å²) >= 11 is 0. The fourth-order valence-electron chi connectivity index (χ4n) is 4.20. The number of ether oxygens (including phenoxy) is 1. The second kappa shape index (κ2) is 7.80. The fraction of sp³-hybridized carbons (Fsp3) is 0.455. The Hall–Kier alpha value is -2.60. The van der Waals surface area contributed by atoms with E-state index in [-0.39, 0.29) is 0 Å². The van der Waals surface area contributed by atoms with E-state index in [9.17, 15) is 0 Å². The summed E-state index contributed by atoms with van der Waals surface area (Å²) in [4.78, 5) is 7.12. The summed E-state index contributed by atoms with van der Waals surface area (Å²) in [6, 6.07) is 12.3. The normalized spacial score (nSPS) is 23.0. The minimum Gasteiger partial charge on any atom is -0.494 e. The van der Waals surface area contributed by atoms with Crippen molar-refractivity contribution in [3.05, 3.63) is 42.6 Å². The van der Waals surface area contributed by atoms with Crippen LogP contribution in [0.2, 0.25) is 0 Å². The van der Waals surface area contributed by atoms with Gasteiger partial charge in [0.25, 0.3) is 0 Å². The Labute approximate surface area is 165 Å². The molecule has 1 N–H and O–H groups in total. The molecule has 6 nitrogen and oxygen atoms in total. The zero-order valence-corrected chi connectivity index (χ0v) is 16.2. The van der Waals surface area contributed by atoms with Crippen molar-refractivity contribution in [2.45, 2.75) is 25.7 Å². The van der Waals surface area contributed by atoms with E-state index in [2.05, 4.69) is 27.3 Å². The van der Waals surface area contributed by atoms with Crippen LogP contribution in [0.1, 0.15) is 25.7 Å². The molecule has 3 aliphatic heterocycles. The van der Waals surface area contributed by atoms with Crippen molar-refractivity contribution in [1.82, 2.24) is 19.5 Å². The Morgan fingerprint density at radius 3 is 2.89 bits per heavy atom. The summed E-state index contributed by atoms with van der Waals surface area (Å²) in [5.74, 6) is 2.53. The number of piperidine rings is 1. The van der Waals surface area contributed by atoms with E-state index in [0.717, 1.165) is 54.0 Å². The van der Waals surface area contributed by atoms with Gasteiger partial charge in [-0.15, -0.1) is 5.10 Å². The lowest BCUT2D eigenvalue weighted by Crippen LogP contribution is -2.36. The van der Waals surface area contributed by atoms with Crippen LogP contribution in [0.4, 0.5) is 5.82 Å². The first-order valence-electron chi connectivity index (χ1n) is 10.4. The summed E-state index contributed by atoms with van der Waals surface area (Å²) < 4.78 is 7.94. The van der Waals surface area contributed by atoms with Gasteiger partial charge in [-0.1, -0.05) is 12.1 Å². The second-order valence-corrected chi connectivity index (χ2v) is 7.88. The maximum Gasteiger partial charge on any atom is 0.154 e. The zero-order chi connectivity index (χ0) is 18.8. The Morgan fingerprint density at radius 1 is 1.04 bits per heavy atom. The fourth-order valence-corrected chi connectivity index (χ4v) is 4.20. The molecular weight excluding hydrogens is 350 g/mol. The third kappa shape index (κ3) is 3.69. The lowest BCUT2D eigenvalue weighted by molar-refractivity contribution is 0.182. The molecule has 0 saturated carbocycles. The van der Waals surface area contributed by atoms with Crippen LogP contribution in [-0.2, 0) is 0 Å². The van der Waals surface area contributed by atoms with Gasteiger partial charge in [0.2, 0.25) is 0 Å². The maximum atomic E-state index is 6.02. The molecule has 0 amide bonds. The summed E-state index contributed by atoms with van der Waals surface area (Å²) in [6.07, 6.45) is 6.69. The van der Waals surface area contributed by atoms with E-state index < -0.39 is 0 Å². The minimum absolute atomic E-state index is 0.718. The molecule has 3 aromatic rings. The number of anilines is 1. The molecule has 0 radical (unpaired) electrons. The summed E-state index contributed by atoms with van der Waals surface area (Å²) in [5.41, 5.74) is 2.91. The molecule has 146 valence electrons. The smallest absolute Gasteiger partial charge is 0.154 e. The SMILES string of the molecule is c1cc2cc(c1)-c1cnc3ccc(nn13)NCC1CCN(CCCCO2)CC1. The van der Waals surface area contributed by atoms with Crippen molar-refractivity contribution >= 4 is 11.5 Å². The maximum absolute atomic E-state index is 6.02. The number of hydrogen-bond donors (Lipinski definition) is 1. The van der Waals surface area contributed by atoms with Crippen LogP contribution in [0, 0.1) is 5.92 Å². The molecule has 6 bridgehead atoms. The van der Waals surface area contributed by atoms with Gasteiger partial charge < -0.3 is 15.0 Å². The highest BCUT2D eigenvalue weighted by Gasteiger charge is 2.19. The van der Waals surface area contributed by atoms with E-state index in [1.165, 1.54) is 38.9 Å². The number of rotatable bonds is 0. The first-order valence-corrected chi connectivity index (χ1v) is 10.4. The Balaban J connectivity index is 1.47. The number of benzene rings is 1. The molecule has 0 unspecified atom stereocenters. The molecule has 0 atom stereocenters. The molecule has 1 aromatic carbocycles. The highest BCUT2D eigenvalue weighted by atomic mass is 16.5. The first-order chi connectivity index (χ1) is 13.8. The molecule has 3 aliphatic rings. The van der Waals surface area contributed by atoms with Gasteiger partial charge >= 0.3 is 0 Å². The lowest BCUT2D eigenvalue weighted by atomic mass is 9.96. The van der Waals surface area contributed by atoms with Crippen LogP contribution in [0.15, 0.2) is 42.6 Å². The first kappa shape index (κ1) is 17.5. The largest absolute Gasteiger partial charge is 0.494 e. The van der Waals surface area contributed by atoms with Crippen LogP contribution in [0.5, 0.6) is 5.75 Å². The molecule has 0 spiro atoms. The topological polar surface area (TPSA) is 54.7 Å². The van der Waals surface area contributed by atoms with Gasteiger partial charge in [0.05, 0.1) is 18.5 Å². The van der Waals surface area contributed by atoms with E-state index in [1.807, 2.05) is 35.0 Å². The van der Waals surface area contributed by atoms with E-state index >= 15 is 0 Å². The minimum atomic E-state index is 0.718. The quantitative estimate of drug-likeness (QED) is 0.647. The molecular formula is C22H27N5O. The Bertz CT molecular complexity index is 945. The lowest BCUT2D eigenvalue weighted by Gasteiger charge is -2.32. The number of fused-ring (bicyclic) bond motifs is 7. The molecule has 1 saturated heterocycles. The van der Waals surface area contributed by atoms with Crippen molar-refractivity contribution in [2.75, 3.05) is 38.1 Å².